The van der Waals surface area contributed by atoms with Crippen molar-refractivity contribution < 1.29 is 9.53 Å². The molecular weight excluding hydrogens is 286 g/mol. The molecule has 0 saturated carbocycles. The van der Waals surface area contributed by atoms with Crippen LogP contribution in [0.15, 0.2) is 59.4 Å². The lowest BCUT2D eigenvalue weighted by Gasteiger charge is -2.25. The van der Waals surface area contributed by atoms with E-state index in [1.807, 2.05) is 32.0 Å². The Morgan fingerprint density at radius 1 is 1.09 bits per heavy atom. The maximum absolute atomic E-state index is 12.3. The van der Waals surface area contributed by atoms with Gasteiger partial charge in [0, 0.05) is 17.3 Å². The second-order valence-corrected chi connectivity index (χ2v) is 6.00. The highest BCUT2D eigenvalue weighted by Gasteiger charge is 2.30. The molecule has 1 aliphatic heterocycles. The van der Waals surface area contributed by atoms with Crippen molar-refractivity contribution in [1.29, 1.82) is 0 Å². The Kier molecular flexibility index (Phi) is 3.95. The number of fused-ring (bicyclic) bond motifs is 1. The van der Waals surface area contributed by atoms with Crippen LogP contribution in [0.4, 0.5) is 0 Å². The van der Waals surface area contributed by atoms with Crippen molar-refractivity contribution >= 4 is 5.97 Å². The minimum absolute atomic E-state index is 0.0951. The predicted octanol–water partition coefficient (Wildman–Crippen LogP) is 4.14. The molecule has 0 aromatic carbocycles. The molecule has 0 bridgehead atoms. The molecule has 23 heavy (non-hydrogen) atoms. The molecule has 0 saturated heterocycles. The first-order valence-corrected chi connectivity index (χ1v) is 7.75. The van der Waals surface area contributed by atoms with Crippen molar-refractivity contribution in [3.8, 4) is 11.1 Å². The molecule has 3 aliphatic rings. The summed E-state index contributed by atoms with van der Waals surface area (Å²) in [6.07, 6.45) is 2.10. The van der Waals surface area contributed by atoms with Crippen LogP contribution >= 0.6 is 0 Å². The maximum atomic E-state index is 12.3. The van der Waals surface area contributed by atoms with E-state index in [0.717, 1.165) is 17.0 Å². The first kappa shape index (κ1) is 15.3. The minimum atomic E-state index is -0.281. The fourth-order valence-corrected chi connectivity index (χ4v) is 3.40. The summed E-state index contributed by atoms with van der Waals surface area (Å²) in [4.78, 5) is 12.3. The van der Waals surface area contributed by atoms with Gasteiger partial charge in [0.05, 0.1) is 12.7 Å². The molecule has 0 spiro atoms. The van der Waals surface area contributed by atoms with E-state index in [9.17, 15) is 4.79 Å². The molecule has 3 nitrogen and oxygen atoms in total. The first-order valence-electron chi connectivity index (χ1n) is 7.75. The number of allylic oxidation sites excluding steroid dienone is 3. The Hall–Kier alpha value is -2.55. The molecule has 3 rings (SSSR count). The minimum Gasteiger partial charge on any atom is -0.466 e. The van der Waals surface area contributed by atoms with Crippen molar-refractivity contribution in [3.63, 3.8) is 0 Å². The summed E-state index contributed by atoms with van der Waals surface area (Å²) in [5.74, 6) is -0.377. The average Bonchev–Trinajstić information content (AvgIpc) is 2.70. The normalized spacial score (nSPS) is 17.7. The largest absolute Gasteiger partial charge is 0.466 e. The molecular formula is C20H21NO2. The van der Waals surface area contributed by atoms with E-state index >= 15 is 0 Å². The van der Waals surface area contributed by atoms with Crippen LogP contribution in [0.1, 0.15) is 30.9 Å². The average molecular weight is 307 g/mol. The fraction of sp³-hybridized carbons (Fsp3) is 0.250. The van der Waals surface area contributed by atoms with Gasteiger partial charge in [-0.1, -0.05) is 42.5 Å². The highest BCUT2D eigenvalue weighted by Crippen LogP contribution is 2.41. The van der Waals surface area contributed by atoms with E-state index < -0.39 is 0 Å². The van der Waals surface area contributed by atoms with Gasteiger partial charge in [0.2, 0.25) is 0 Å². The number of rotatable bonds is 2. The smallest absolute Gasteiger partial charge is 0.336 e. The van der Waals surface area contributed by atoms with E-state index in [2.05, 4.69) is 36.5 Å². The Balaban J connectivity index is 2.21. The van der Waals surface area contributed by atoms with Crippen LogP contribution < -0.4 is 5.32 Å². The molecule has 0 radical (unpaired) electrons. The number of ether oxygens (including phenoxy) is 1. The van der Waals surface area contributed by atoms with Crippen molar-refractivity contribution in [2.75, 3.05) is 7.11 Å². The lowest BCUT2D eigenvalue weighted by atomic mass is 9.86. The van der Waals surface area contributed by atoms with Crippen LogP contribution in [0.3, 0.4) is 0 Å². The lowest BCUT2D eigenvalue weighted by Crippen LogP contribution is -2.25. The monoisotopic (exact) mass is 307 g/mol. The number of methoxy groups -OCH3 is 1. The van der Waals surface area contributed by atoms with Gasteiger partial charge in [0.1, 0.15) is 0 Å². The van der Waals surface area contributed by atoms with Crippen LogP contribution in [0, 0.1) is 6.92 Å². The molecule has 118 valence electrons. The molecule has 3 heteroatoms. The maximum Gasteiger partial charge on any atom is 0.336 e. The Labute approximate surface area is 137 Å². The lowest BCUT2D eigenvalue weighted by molar-refractivity contribution is -0.136. The molecule has 0 aromatic heterocycles. The second kappa shape index (κ2) is 5.92. The van der Waals surface area contributed by atoms with Gasteiger partial charge < -0.3 is 10.1 Å². The molecule has 1 heterocycles. The van der Waals surface area contributed by atoms with Gasteiger partial charge in [-0.25, -0.2) is 4.79 Å². The molecule has 1 N–H and O–H groups in total. The van der Waals surface area contributed by atoms with Crippen LogP contribution in [0.2, 0.25) is 0 Å². The van der Waals surface area contributed by atoms with E-state index in [0.29, 0.717) is 5.57 Å². The zero-order valence-electron chi connectivity index (χ0n) is 13.9. The summed E-state index contributed by atoms with van der Waals surface area (Å²) < 4.78 is 5.02. The molecule has 0 fully saturated rings. The number of carbonyl (C=O) groups excluding carboxylic acids is 1. The number of hydrogen-bond donors (Lipinski definition) is 1. The predicted molar refractivity (Wildman–Crippen MR) is 92.2 cm³/mol. The van der Waals surface area contributed by atoms with Gasteiger partial charge in [0.15, 0.2) is 0 Å². The summed E-state index contributed by atoms with van der Waals surface area (Å²) in [6.45, 7) is 6.05. The highest BCUT2D eigenvalue weighted by molar-refractivity contribution is 5.93. The zero-order valence-corrected chi connectivity index (χ0v) is 13.9. The summed E-state index contributed by atoms with van der Waals surface area (Å²) >= 11 is 0. The van der Waals surface area contributed by atoms with Crippen molar-refractivity contribution in [3.05, 3.63) is 70.6 Å². The highest BCUT2D eigenvalue weighted by atomic mass is 16.5. The number of hydrogen-bond acceptors (Lipinski definition) is 3. The Morgan fingerprint density at radius 3 is 2.48 bits per heavy atom. The van der Waals surface area contributed by atoms with Crippen LogP contribution in [0.25, 0.3) is 11.1 Å². The molecule has 0 amide bonds. The molecule has 0 aromatic rings. The third kappa shape index (κ3) is 2.63. The van der Waals surface area contributed by atoms with Crippen LogP contribution in [-0.4, -0.2) is 13.1 Å². The third-order valence-electron chi connectivity index (χ3n) is 4.40. The van der Waals surface area contributed by atoms with Gasteiger partial charge in [-0.2, -0.15) is 0 Å². The van der Waals surface area contributed by atoms with Gasteiger partial charge in [-0.05, 0) is 43.0 Å². The zero-order chi connectivity index (χ0) is 16.6. The second-order valence-electron chi connectivity index (χ2n) is 6.00. The summed E-state index contributed by atoms with van der Waals surface area (Å²) in [5.41, 5.74) is 7.35. The summed E-state index contributed by atoms with van der Waals surface area (Å²) in [5, 5.41) is 3.25. The quantitative estimate of drug-likeness (QED) is 0.848. The topological polar surface area (TPSA) is 38.3 Å². The van der Waals surface area contributed by atoms with E-state index in [1.54, 1.807) is 0 Å². The van der Waals surface area contributed by atoms with E-state index in [-0.39, 0.29) is 11.9 Å². The van der Waals surface area contributed by atoms with E-state index in [4.69, 9.17) is 4.74 Å². The molecule has 1 atom stereocenters. The molecule has 2 aliphatic carbocycles. The van der Waals surface area contributed by atoms with E-state index in [1.165, 1.54) is 23.8 Å². The SMILES string of the molecule is COC(=O)C1=C(C)NC(C)=CC1c1cc(C)c2cccccc1-2. The number of aryl methyl sites for hydroxylation is 1. The number of nitrogens with one attached hydrogen (secondary N) is 1. The van der Waals surface area contributed by atoms with Gasteiger partial charge >= 0.3 is 5.97 Å². The van der Waals surface area contributed by atoms with Gasteiger partial charge in [-0.3, -0.25) is 0 Å². The molecule has 1 unspecified atom stereocenters. The third-order valence-corrected chi connectivity index (χ3v) is 4.40. The number of dihydropyridines is 1. The van der Waals surface area contributed by atoms with Crippen LogP contribution in [-0.2, 0) is 9.53 Å². The Bertz CT molecular complexity index is 801. The van der Waals surface area contributed by atoms with Gasteiger partial charge in [0.25, 0.3) is 0 Å². The summed E-state index contributed by atoms with van der Waals surface area (Å²) in [7, 11) is 1.43. The number of carbonyl (C=O) groups is 1. The standard InChI is InChI=1S/C20H21NO2/c1-12-10-17(16-9-7-5-6-8-15(12)16)18-11-13(2)21-14(3)19(18)20(22)23-4/h5-11,18,21H,1-4H3. The van der Waals surface area contributed by atoms with Crippen molar-refractivity contribution in [2.24, 2.45) is 0 Å². The Morgan fingerprint density at radius 2 is 1.78 bits per heavy atom. The van der Waals surface area contributed by atoms with Crippen molar-refractivity contribution in [1.82, 2.24) is 5.32 Å². The fourth-order valence-electron chi connectivity index (χ4n) is 3.40. The first-order chi connectivity index (χ1) is 11.0. The summed E-state index contributed by atoms with van der Waals surface area (Å²) in [6, 6.07) is 12.5. The van der Waals surface area contributed by atoms with Crippen molar-refractivity contribution in [2.45, 2.75) is 26.7 Å². The van der Waals surface area contributed by atoms with Crippen LogP contribution in [0.5, 0.6) is 0 Å². The van der Waals surface area contributed by atoms with Gasteiger partial charge in [-0.15, -0.1) is 0 Å². The number of esters is 1.